The molecule has 0 aromatic carbocycles. The fraction of sp³-hybridized carbons (Fsp3) is 0.643. The lowest BCUT2D eigenvalue weighted by atomic mass is 9.98. The summed E-state index contributed by atoms with van der Waals surface area (Å²) in [5.74, 6) is 0.146. The minimum atomic E-state index is -3.51. The van der Waals surface area contributed by atoms with Crippen molar-refractivity contribution >= 4 is 38.9 Å². The molecule has 128 valence electrons. The highest BCUT2D eigenvalue weighted by Gasteiger charge is 2.33. The van der Waals surface area contributed by atoms with Gasteiger partial charge in [0.2, 0.25) is 5.91 Å². The lowest BCUT2D eigenvalue weighted by Gasteiger charge is -2.36. The summed E-state index contributed by atoms with van der Waals surface area (Å²) in [5, 5.41) is 0. The molecule has 23 heavy (non-hydrogen) atoms. The number of carbonyl (C=O) groups is 1. The van der Waals surface area contributed by atoms with Gasteiger partial charge in [0.25, 0.3) is 10.0 Å². The monoisotopic (exact) mass is 378 g/mol. The Morgan fingerprint density at radius 2 is 1.83 bits per heavy atom. The molecule has 1 aromatic rings. The van der Waals surface area contributed by atoms with Gasteiger partial charge in [0.1, 0.15) is 4.21 Å². The molecular formula is C14H19ClN2O4S2. The molecule has 0 unspecified atom stereocenters. The maximum absolute atomic E-state index is 12.5. The Kier molecular flexibility index (Phi) is 5.27. The van der Waals surface area contributed by atoms with E-state index in [1.807, 2.05) is 0 Å². The molecule has 6 nitrogen and oxygen atoms in total. The second-order valence-corrected chi connectivity index (χ2v) is 9.55. The molecule has 1 aromatic heterocycles. The van der Waals surface area contributed by atoms with Gasteiger partial charge in [-0.3, -0.25) is 4.79 Å². The summed E-state index contributed by atoms with van der Waals surface area (Å²) in [5.41, 5.74) is 0. The third-order valence-electron chi connectivity index (χ3n) is 4.26. The molecule has 3 rings (SSSR count). The number of nitrogens with zero attached hydrogens (tertiary/aromatic N) is 2. The van der Waals surface area contributed by atoms with E-state index in [1.165, 1.54) is 10.4 Å². The van der Waals surface area contributed by atoms with Crippen LogP contribution < -0.4 is 0 Å². The summed E-state index contributed by atoms with van der Waals surface area (Å²) in [6.07, 6.45) is 1.51. The molecule has 0 radical (unpaired) electrons. The first-order valence-electron chi connectivity index (χ1n) is 7.60. The van der Waals surface area contributed by atoms with Crippen LogP contribution in [0.5, 0.6) is 0 Å². The lowest BCUT2D eigenvalue weighted by molar-refractivity contribution is -0.139. The minimum Gasteiger partial charge on any atom is -0.381 e. The highest BCUT2D eigenvalue weighted by atomic mass is 35.5. The van der Waals surface area contributed by atoms with Crippen LogP contribution in [0.15, 0.2) is 16.3 Å². The summed E-state index contributed by atoms with van der Waals surface area (Å²) < 4.78 is 32.5. The molecule has 0 N–H and O–H groups in total. The number of hydrogen-bond donors (Lipinski definition) is 0. The first-order chi connectivity index (χ1) is 11.0. The fourth-order valence-corrected chi connectivity index (χ4v) is 5.97. The molecule has 0 bridgehead atoms. The molecule has 2 saturated heterocycles. The van der Waals surface area contributed by atoms with Gasteiger partial charge in [-0.25, -0.2) is 8.42 Å². The quantitative estimate of drug-likeness (QED) is 0.802. The third-order valence-corrected chi connectivity index (χ3v) is 7.86. The number of rotatable bonds is 3. The smallest absolute Gasteiger partial charge is 0.252 e. The molecule has 2 aliphatic heterocycles. The summed E-state index contributed by atoms with van der Waals surface area (Å²) in [6, 6.07) is 3.12. The maximum Gasteiger partial charge on any atom is 0.252 e. The molecule has 0 spiro atoms. The molecule has 2 fully saturated rings. The number of hydrogen-bond acceptors (Lipinski definition) is 5. The van der Waals surface area contributed by atoms with Crippen LogP contribution in [-0.4, -0.2) is 62.9 Å². The highest BCUT2D eigenvalue weighted by molar-refractivity contribution is 7.91. The second-order valence-electron chi connectivity index (χ2n) is 5.67. The van der Waals surface area contributed by atoms with Crippen molar-refractivity contribution < 1.29 is 17.9 Å². The van der Waals surface area contributed by atoms with E-state index in [9.17, 15) is 13.2 Å². The summed E-state index contributed by atoms with van der Waals surface area (Å²) in [4.78, 5) is 14.3. The average molecular weight is 379 g/mol. The maximum atomic E-state index is 12.5. The van der Waals surface area contributed by atoms with E-state index in [0.29, 0.717) is 43.7 Å². The number of amides is 1. The molecule has 0 atom stereocenters. The van der Waals surface area contributed by atoms with E-state index >= 15 is 0 Å². The van der Waals surface area contributed by atoms with Crippen molar-refractivity contribution in [1.29, 1.82) is 0 Å². The molecule has 9 heteroatoms. The van der Waals surface area contributed by atoms with Crippen molar-refractivity contribution in [1.82, 2.24) is 9.21 Å². The van der Waals surface area contributed by atoms with Gasteiger partial charge in [-0.15, -0.1) is 11.3 Å². The van der Waals surface area contributed by atoms with Gasteiger partial charge in [0.05, 0.1) is 4.34 Å². The molecule has 0 aliphatic carbocycles. The van der Waals surface area contributed by atoms with Crippen LogP contribution in [-0.2, 0) is 19.6 Å². The first kappa shape index (κ1) is 17.2. The van der Waals surface area contributed by atoms with E-state index in [-0.39, 0.29) is 16.0 Å². The van der Waals surface area contributed by atoms with Crippen LogP contribution in [0.4, 0.5) is 0 Å². The van der Waals surface area contributed by atoms with Crippen LogP contribution in [0.2, 0.25) is 4.34 Å². The Labute approximate surface area is 145 Å². The standard InChI is InChI=1S/C14H19ClN2O4S2/c15-12-1-2-13(22-12)23(19,20)17-7-5-16(6-8-17)14(18)11-3-9-21-10-4-11/h1-2,11H,3-10H2. The van der Waals surface area contributed by atoms with Gasteiger partial charge in [0, 0.05) is 45.3 Å². The summed E-state index contributed by atoms with van der Waals surface area (Å²) >= 11 is 6.89. The molecule has 3 heterocycles. The van der Waals surface area contributed by atoms with Crippen molar-refractivity contribution in [2.75, 3.05) is 39.4 Å². The second kappa shape index (κ2) is 7.06. The average Bonchev–Trinajstić information content (AvgIpc) is 3.02. The Balaban J connectivity index is 1.60. The van der Waals surface area contributed by atoms with E-state index in [0.717, 1.165) is 24.2 Å². The van der Waals surface area contributed by atoms with E-state index in [1.54, 1.807) is 11.0 Å². The van der Waals surface area contributed by atoms with Crippen molar-refractivity contribution in [3.05, 3.63) is 16.5 Å². The van der Waals surface area contributed by atoms with E-state index < -0.39 is 10.0 Å². The molecular weight excluding hydrogens is 360 g/mol. The summed E-state index contributed by atoms with van der Waals surface area (Å²) in [6.45, 7) is 2.79. The zero-order chi connectivity index (χ0) is 16.4. The van der Waals surface area contributed by atoms with Crippen molar-refractivity contribution in [2.45, 2.75) is 17.1 Å². The molecule has 0 saturated carbocycles. The van der Waals surface area contributed by atoms with Gasteiger partial charge >= 0.3 is 0 Å². The molecule has 2 aliphatic rings. The Bertz CT molecular complexity index is 662. The van der Waals surface area contributed by atoms with Crippen LogP contribution in [0.1, 0.15) is 12.8 Å². The predicted octanol–water partition coefficient (Wildman–Crippen LogP) is 1.66. The Morgan fingerprint density at radius 1 is 1.17 bits per heavy atom. The van der Waals surface area contributed by atoms with Crippen LogP contribution in [0, 0.1) is 5.92 Å². The number of thiophene rings is 1. The number of carbonyl (C=O) groups excluding carboxylic acids is 1. The first-order valence-corrected chi connectivity index (χ1v) is 10.2. The zero-order valence-corrected chi connectivity index (χ0v) is 15.0. The highest BCUT2D eigenvalue weighted by Crippen LogP contribution is 2.29. The van der Waals surface area contributed by atoms with Gasteiger partial charge in [0.15, 0.2) is 0 Å². The van der Waals surface area contributed by atoms with Gasteiger partial charge in [-0.2, -0.15) is 4.31 Å². The number of piperazine rings is 1. The third kappa shape index (κ3) is 3.71. The van der Waals surface area contributed by atoms with Gasteiger partial charge in [-0.05, 0) is 25.0 Å². The number of ether oxygens (including phenoxy) is 1. The van der Waals surface area contributed by atoms with E-state index in [2.05, 4.69) is 0 Å². The Morgan fingerprint density at radius 3 is 2.39 bits per heavy atom. The Hall–Kier alpha value is -0.670. The fourth-order valence-electron chi connectivity index (χ4n) is 2.92. The molecule has 1 amide bonds. The van der Waals surface area contributed by atoms with Crippen molar-refractivity contribution in [3.63, 3.8) is 0 Å². The summed E-state index contributed by atoms with van der Waals surface area (Å²) in [7, 11) is -3.51. The van der Waals surface area contributed by atoms with Crippen molar-refractivity contribution in [3.8, 4) is 0 Å². The van der Waals surface area contributed by atoms with Crippen LogP contribution >= 0.6 is 22.9 Å². The van der Waals surface area contributed by atoms with Crippen molar-refractivity contribution in [2.24, 2.45) is 5.92 Å². The van der Waals surface area contributed by atoms with E-state index in [4.69, 9.17) is 16.3 Å². The van der Waals surface area contributed by atoms with Crippen LogP contribution in [0.3, 0.4) is 0 Å². The zero-order valence-electron chi connectivity index (χ0n) is 12.6. The normalized spacial score (nSPS) is 21.5. The number of sulfonamides is 1. The van der Waals surface area contributed by atoms with Gasteiger partial charge in [-0.1, -0.05) is 11.6 Å². The topological polar surface area (TPSA) is 66.9 Å². The largest absolute Gasteiger partial charge is 0.381 e. The van der Waals surface area contributed by atoms with Gasteiger partial charge < -0.3 is 9.64 Å². The predicted molar refractivity (Wildman–Crippen MR) is 88.2 cm³/mol. The van der Waals surface area contributed by atoms with Crippen LogP contribution in [0.25, 0.3) is 0 Å². The minimum absolute atomic E-state index is 0.0167. The lowest BCUT2D eigenvalue weighted by Crippen LogP contribution is -2.52. The number of halogens is 1. The SMILES string of the molecule is O=C(C1CCOCC1)N1CCN(S(=O)(=O)c2ccc(Cl)s2)CC1.